The van der Waals surface area contributed by atoms with Crippen molar-refractivity contribution in [2.45, 2.75) is 62.5 Å². The molecule has 0 aliphatic rings. The first-order chi connectivity index (χ1) is 11.4. The molecule has 1 N–H and O–H groups in total. The van der Waals surface area contributed by atoms with Crippen molar-refractivity contribution in [3.63, 3.8) is 0 Å². The van der Waals surface area contributed by atoms with E-state index in [-0.39, 0.29) is 13.8 Å². The minimum absolute atomic E-state index is 0.265. The van der Waals surface area contributed by atoms with Crippen LogP contribution in [0.2, 0.25) is 0 Å². The van der Waals surface area contributed by atoms with Crippen molar-refractivity contribution in [1.29, 1.82) is 0 Å². The van der Waals surface area contributed by atoms with Gasteiger partial charge >= 0.3 is 41.8 Å². The molecule has 0 aromatic heterocycles. The number of carboxylic acid groups (broad SMARTS) is 1. The monoisotopic (exact) mass is 434 g/mol. The third-order valence-corrected chi connectivity index (χ3v) is 3.68. The second kappa shape index (κ2) is 6.57. The molecule has 15 heteroatoms. The summed E-state index contributed by atoms with van der Waals surface area (Å²) >= 11 is 0. The van der Waals surface area contributed by atoms with E-state index in [0.29, 0.717) is 0 Å². The molecule has 0 amide bonds. The molecule has 0 bridgehead atoms. The molecule has 0 aromatic rings. The van der Waals surface area contributed by atoms with E-state index in [1.165, 1.54) is 0 Å². The molecule has 0 saturated heterocycles. The second-order valence-corrected chi connectivity index (χ2v) is 6.05. The fourth-order valence-electron chi connectivity index (χ4n) is 1.61. The zero-order chi connectivity index (χ0) is 22.5. The van der Waals surface area contributed by atoms with Crippen LogP contribution in [-0.4, -0.2) is 46.9 Å². The quantitative estimate of drug-likeness (QED) is 0.504. The summed E-state index contributed by atoms with van der Waals surface area (Å²) in [5.41, 5.74) is -4.14. The van der Waals surface area contributed by atoms with E-state index in [9.17, 15) is 61.9 Å². The molecule has 0 saturated carbocycles. The van der Waals surface area contributed by atoms with Gasteiger partial charge in [0.1, 0.15) is 5.41 Å². The Labute approximate surface area is 142 Å². The van der Waals surface area contributed by atoms with Crippen LogP contribution in [0.15, 0.2) is 0 Å². The Morgan fingerprint density at radius 3 is 1.26 bits per heavy atom. The second-order valence-electron chi connectivity index (χ2n) is 6.05. The normalized spacial score (nSPS) is 15.8. The lowest BCUT2D eigenvalue weighted by molar-refractivity contribution is -0.413. The zero-order valence-electron chi connectivity index (χ0n) is 13.2. The van der Waals surface area contributed by atoms with Crippen molar-refractivity contribution in [2.75, 3.05) is 0 Å². The highest BCUT2D eigenvalue weighted by atomic mass is 19.4. The Morgan fingerprint density at radius 1 is 0.630 bits per heavy atom. The fourth-order valence-corrected chi connectivity index (χ4v) is 1.61. The highest BCUT2D eigenvalue weighted by Gasteiger charge is 2.88. The number of rotatable bonds is 8. The lowest BCUT2D eigenvalue weighted by atomic mass is 9.78. The minimum Gasteiger partial charge on any atom is -0.481 e. The Morgan fingerprint density at radius 2 is 0.963 bits per heavy atom. The average molecular weight is 434 g/mol. The number of aliphatic carboxylic acids is 1. The van der Waals surface area contributed by atoms with Gasteiger partial charge in [0, 0.05) is 12.8 Å². The van der Waals surface area contributed by atoms with Crippen LogP contribution in [0, 0.1) is 5.41 Å². The number of hydrogen-bond acceptors (Lipinski definition) is 1. The molecular formula is C12H11F13O2. The van der Waals surface area contributed by atoms with E-state index in [4.69, 9.17) is 5.11 Å². The van der Waals surface area contributed by atoms with Gasteiger partial charge in [-0.05, 0) is 13.8 Å². The Bertz CT molecular complexity index is 562. The molecule has 0 aliphatic heterocycles. The number of hydrogen-bond donors (Lipinski definition) is 1. The number of halogens is 13. The maximum atomic E-state index is 13.7. The van der Waals surface area contributed by atoms with Crippen LogP contribution in [0.5, 0.6) is 0 Å². The summed E-state index contributed by atoms with van der Waals surface area (Å²) in [5, 5.41) is 8.42. The van der Waals surface area contributed by atoms with Crippen LogP contribution < -0.4 is 0 Å². The number of carboxylic acids is 1. The lowest BCUT2D eigenvalue weighted by Crippen LogP contribution is -2.70. The first-order valence-corrected chi connectivity index (χ1v) is 6.59. The smallest absolute Gasteiger partial charge is 0.389 e. The standard InChI is InChI=1S/C12H11F13O2/c1-6(2,5(26)27)9(18,19)11(22,23)12(24,25)10(20,21)7(13,14)3-4-8(15,16)17/h3-4H2,1-2H3,(H,26,27). The summed E-state index contributed by atoms with van der Waals surface area (Å²) < 4.78 is 170. The van der Waals surface area contributed by atoms with Crippen molar-refractivity contribution in [2.24, 2.45) is 5.41 Å². The lowest BCUT2D eigenvalue weighted by Gasteiger charge is -2.43. The third kappa shape index (κ3) is 3.91. The molecule has 162 valence electrons. The summed E-state index contributed by atoms with van der Waals surface area (Å²) in [7, 11) is 0. The van der Waals surface area contributed by atoms with Gasteiger partial charge in [0.05, 0.1) is 0 Å². The first-order valence-electron chi connectivity index (χ1n) is 6.59. The highest BCUT2D eigenvalue weighted by molar-refractivity contribution is 5.75. The Balaban J connectivity index is 6.24. The summed E-state index contributed by atoms with van der Waals surface area (Å²) in [6.45, 7) is -0.529. The molecule has 0 spiro atoms. The Hall–Kier alpha value is -1.44. The minimum atomic E-state index is -7.62. The third-order valence-electron chi connectivity index (χ3n) is 3.68. The maximum Gasteiger partial charge on any atom is 0.389 e. The van der Waals surface area contributed by atoms with Crippen LogP contribution in [-0.2, 0) is 4.79 Å². The summed E-state index contributed by atoms with van der Waals surface area (Å²) in [6.07, 6.45) is -11.5. The van der Waals surface area contributed by atoms with Crippen molar-refractivity contribution >= 4 is 5.97 Å². The van der Waals surface area contributed by atoms with Crippen LogP contribution in [0.3, 0.4) is 0 Å². The van der Waals surface area contributed by atoms with Crippen LogP contribution in [0.1, 0.15) is 26.7 Å². The molecule has 0 heterocycles. The number of carbonyl (C=O) groups is 1. The summed E-state index contributed by atoms with van der Waals surface area (Å²) in [6, 6.07) is 0. The van der Waals surface area contributed by atoms with Crippen LogP contribution in [0.4, 0.5) is 57.1 Å². The van der Waals surface area contributed by atoms with Crippen LogP contribution in [0.25, 0.3) is 0 Å². The maximum absolute atomic E-state index is 13.7. The topological polar surface area (TPSA) is 37.3 Å². The molecule has 0 aliphatic carbocycles. The molecule has 0 aromatic carbocycles. The van der Waals surface area contributed by atoms with Crippen molar-refractivity contribution < 1.29 is 67.0 Å². The van der Waals surface area contributed by atoms with Gasteiger partial charge in [0.25, 0.3) is 0 Å². The number of alkyl halides is 13. The predicted molar refractivity (Wildman–Crippen MR) is 61.4 cm³/mol. The highest BCUT2D eigenvalue weighted by Crippen LogP contribution is 2.61. The molecule has 27 heavy (non-hydrogen) atoms. The van der Waals surface area contributed by atoms with Crippen molar-refractivity contribution in [3.05, 3.63) is 0 Å². The van der Waals surface area contributed by atoms with Gasteiger partial charge in [-0.1, -0.05) is 0 Å². The van der Waals surface area contributed by atoms with E-state index in [2.05, 4.69) is 0 Å². The van der Waals surface area contributed by atoms with Gasteiger partial charge in [-0.3, -0.25) is 4.79 Å². The fraction of sp³-hybridized carbons (Fsp3) is 0.917. The summed E-state index contributed by atoms with van der Waals surface area (Å²) in [5.74, 6) is -38.3. The largest absolute Gasteiger partial charge is 0.481 e. The summed E-state index contributed by atoms with van der Waals surface area (Å²) in [4.78, 5) is 10.6. The SMILES string of the molecule is CC(C)(C(=O)O)C(F)(F)C(F)(F)C(F)(F)C(F)(F)C(F)(F)CCC(F)(F)F. The average Bonchev–Trinajstić information content (AvgIpc) is 2.43. The molecule has 0 rings (SSSR count). The van der Waals surface area contributed by atoms with Gasteiger partial charge in [-0.2, -0.15) is 57.1 Å². The van der Waals surface area contributed by atoms with Gasteiger partial charge < -0.3 is 5.11 Å². The van der Waals surface area contributed by atoms with Crippen molar-refractivity contribution in [3.8, 4) is 0 Å². The molecular weight excluding hydrogens is 423 g/mol. The van der Waals surface area contributed by atoms with E-state index >= 15 is 0 Å². The van der Waals surface area contributed by atoms with Gasteiger partial charge in [-0.15, -0.1) is 0 Å². The molecule has 0 radical (unpaired) electrons. The van der Waals surface area contributed by atoms with E-state index in [1.54, 1.807) is 0 Å². The Kier molecular flexibility index (Phi) is 6.22. The van der Waals surface area contributed by atoms with Crippen LogP contribution >= 0.6 is 0 Å². The van der Waals surface area contributed by atoms with Gasteiger partial charge in [0.15, 0.2) is 0 Å². The molecule has 2 nitrogen and oxygen atoms in total. The van der Waals surface area contributed by atoms with Crippen molar-refractivity contribution in [1.82, 2.24) is 0 Å². The molecule has 0 atom stereocenters. The molecule has 0 unspecified atom stereocenters. The van der Waals surface area contributed by atoms with E-state index in [0.717, 1.165) is 0 Å². The zero-order valence-corrected chi connectivity index (χ0v) is 13.2. The van der Waals surface area contributed by atoms with E-state index in [1.807, 2.05) is 0 Å². The van der Waals surface area contributed by atoms with Gasteiger partial charge in [0.2, 0.25) is 0 Å². The van der Waals surface area contributed by atoms with E-state index < -0.39 is 60.0 Å². The predicted octanol–water partition coefficient (Wildman–Crippen LogP) is 5.62. The first kappa shape index (κ1) is 25.6. The van der Waals surface area contributed by atoms with Gasteiger partial charge in [-0.25, -0.2) is 0 Å². The molecule has 0 fully saturated rings.